The number of halogens is 1. The molecule has 0 radical (unpaired) electrons. The van der Waals surface area contributed by atoms with Gasteiger partial charge in [-0.3, -0.25) is 4.79 Å². The van der Waals surface area contributed by atoms with E-state index in [0.717, 1.165) is 38.1 Å². The van der Waals surface area contributed by atoms with Gasteiger partial charge in [0.2, 0.25) is 5.91 Å². The fourth-order valence-electron chi connectivity index (χ4n) is 2.30. The molecule has 4 heteroatoms. The molecule has 3 nitrogen and oxygen atoms in total. The summed E-state index contributed by atoms with van der Waals surface area (Å²) in [7, 11) is 0. The number of likely N-dealkylation sites (tertiary alicyclic amines) is 1. The Morgan fingerprint density at radius 1 is 1.32 bits per heavy atom. The molecule has 1 fully saturated rings. The van der Waals surface area contributed by atoms with Gasteiger partial charge in [-0.2, -0.15) is 0 Å². The van der Waals surface area contributed by atoms with E-state index < -0.39 is 0 Å². The van der Waals surface area contributed by atoms with Gasteiger partial charge in [-0.1, -0.05) is 18.5 Å². The average Bonchev–Trinajstić information content (AvgIpc) is 2.42. The Labute approximate surface area is 119 Å². The number of carbonyl (C=O) groups excluding carboxylic acids is 1. The molecule has 1 aliphatic rings. The highest BCUT2D eigenvalue weighted by Crippen LogP contribution is 2.21. The predicted octanol–water partition coefficient (Wildman–Crippen LogP) is 3.51. The van der Waals surface area contributed by atoms with Crippen LogP contribution in [0.2, 0.25) is 5.02 Å². The zero-order valence-corrected chi connectivity index (χ0v) is 12.0. The fourth-order valence-corrected chi connectivity index (χ4v) is 2.43. The highest BCUT2D eigenvalue weighted by atomic mass is 35.5. The van der Waals surface area contributed by atoms with Crippen molar-refractivity contribution < 1.29 is 9.53 Å². The molecule has 0 aromatic heterocycles. The maximum absolute atomic E-state index is 11.8. The molecule has 0 spiro atoms. The number of amides is 1. The standard InChI is InChI=1S/C15H20ClNO2/c1-2-3-15(18)17-10-8-14(9-11-17)19-13-6-4-12(16)5-7-13/h4-7,14H,2-3,8-11H2,1H3. The van der Waals surface area contributed by atoms with Crippen molar-refractivity contribution in [3.8, 4) is 5.75 Å². The van der Waals surface area contributed by atoms with Gasteiger partial charge in [-0.15, -0.1) is 0 Å². The van der Waals surface area contributed by atoms with Crippen molar-refractivity contribution in [1.29, 1.82) is 0 Å². The lowest BCUT2D eigenvalue weighted by atomic mass is 10.1. The first-order valence-electron chi connectivity index (χ1n) is 6.89. The Hall–Kier alpha value is -1.22. The first-order valence-corrected chi connectivity index (χ1v) is 7.27. The number of hydrogen-bond donors (Lipinski definition) is 0. The largest absolute Gasteiger partial charge is 0.490 e. The Kier molecular flexibility index (Phi) is 5.08. The summed E-state index contributed by atoms with van der Waals surface area (Å²) in [6.07, 6.45) is 3.57. The van der Waals surface area contributed by atoms with Crippen LogP contribution in [0.3, 0.4) is 0 Å². The van der Waals surface area contributed by atoms with E-state index in [1.165, 1.54) is 0 Å². The zero-order valence-electron chi connectivity index (χ0n) is 11.3. The third kappa shape index (κ3) is 4.13. The van der Waals surface area contributed by atoms with Crippen LogP contribution >= 0.6 is 11.6 Å². The molecule has 104 valence electrons. The Morgan fingerprint density at radius 3 is 2.53 bits per heavy atom. The van der Waals surface area contributed by atoms with Gasteiger partial charge in [0.15, 0.2) is 0 Å². The van der Waals surface area contributed by atoms with Crippen LogP contribution in [0.15, 0.2) is 24.3 Å². The lowest BCUT2D eigenvalue weighted by Crippen LogP contribution is -2.41. The molecule has 2 rings (SSSR count). The molecular weight excluding hydrogens is 262 g/mol. The van der Waals surface area contributed by atoms with E-state index in [-0.39, 0.29) is 12.0 Å². The van der Waals surface area contributed by atoms with Crippen molar-refractivity contribution in [2.75, 3.05) is 13.1 Å². The van der Waals surface area contributed by atoms with E-state index >= 15 is 0 Å². The summed E-state index contributed by atoms with van der Waals surface area (Å²) in [5.74, 6) is 1.12. The molecule has 0 saturated carbocycles. The summed E-state index contributed by atoms with van der Waals surface area (Å²) < 4.78 is 5.90. The molecular formula is C15H20ClNO2. The van der Waals surface area contributed by atoms with Gasteiger partial charge in [0, 0.05) is 37.4 Å². The average molecular weight is 282 g/mol. The molecule has 1 saturated heterocycles. The Balaban J connectivity index is 1.80. The monoisotopic (exact) mass is 281 g/mol. The summed E-state index contributed by atoms with van der Waals surface area (Å²) in [5, 5.41) is 0.715. The second kappa shape index (κ2) is 6.80. The third-order valence-electron chi connectivity index (χ3n) is 3.37. The zero-order chi connectivity index (χ0) is 13.7. The van der Waals surface area contributed by atoms with Crippen LogP contribution < -0.4 is 4.74 Å². The molecule has 0 aliphatic carbocycles. The second-order valence-corrected chi connectivity index (χ2v) is 5.34. The van der Waals surface area contributed by atoms with Gasteiger partial charge in [-0.05, 0) is 30.7 Å². The van der Waals surface area contributed by atoms with Crippen LogP contribution in [-0.2, 0) is 4.79 Å². The van der Waals surface area contributed by atoms with Crippen LogP contribution in [-0.4, -0.2) is 30.0 Å². The van der Waals surface area contributed by atoms with E-state index in [1.54, 1.807) is 0 Å². The van der Waals surface area contributed by atoms with Gasteiger partial charge >= 0.3 is 0 Å². The van der Waals surface area contributed by atoms with Crippen LogP contribution in [0.5, 0.6) is 5.75 Å². The topological polar surface area (TPSA) is 29.5 Å². The van der Waals surface area contributed by atoms with Gasteiger partial charge in [0.1, 0.15) is 11.9 Å². The molecule has 19 heavy (non-hydrogen) atoms. The van der Waals surface area contributed by atoms with Crippen LogP contribution in [0.25, 0.3) is 0 Å². The smallest absolute Gasteiger partial charge is 0.222 e. The molecule has 0 unspecified atom stereocenters. The van der Waals surface area contributed by atoms with Crippen molar-refractivity contribution in [2.24, 2.45) is 0 Å². The fraction of sp³-hybridized carbons (Fsp3) is 0.533. The van der Waals surface area contributed by atoms with Crippen molar-refractivity contribution in [3.63, 3.8) is 0 Å². The summed E-state index contributed by atoms with van der Waals surface area (Å²) in [6, 6.07) is 7.43. The number of ether oxygens (including phenoxy) is 1. The number of benzene rings is 1. The summed E-state index contributed by atoms with van der Waals surface area (Å²) in [6.45, 7) is 3.64. The van der Waals surface area contributed by atoms with E-state index in [0.29, 0.717) is 11.4 Å². The predicted molar refractivity (Wildman–Crippen MR) is 76.6 cm³/mol. The maximum Gasteiger partial charge on any atom is 0.222 e. The Morgan fingerprint density at radius 2 is 1.95 bits per heavy atom. The molecule has 1 aromatic carbocycles. The van der Waals surface area contributed by atoms with Crippen molar-refractivity contribution in [2.45, 2.75) is 38.7 Å². The molecule has 0 atom stereocenters. The van der Waals surface area contributed by atoms with Gasteiger partial charge in [0.05, 0.1) is 0 Å². The molecule has 0 bridgehead atoms. The highest BCUT2D eigenvalue weighted by molar-refractivity contribution is 6.30. The number of rotatable bonds is 4. The minimum Gasteiger partial charge on any atom is -0.490 e. The van der Waals surface area contributed by atoms with Crippen LogP contribution in [0.4, 0.5) is 0 Å². The lowest BCUT2D eigenvalue weighted by molar-refractivity contribution is -0.133. The summed E-state index contributed by atoms with van der Waals surface area (Å²) >= 11 is 5.84. The highest BCUT2D eigenvalue weighted by Gasteiger charge is 2.23. The molecule has 0 N–H and O–H groups in total. The van der Waals surface area contributed by atoms with Gasteiger partial charge in [0.25, 0.3) is 0 Å². The third-order valence-corrected chi connectivity index (χ3v) is 3.63. The normalized spacial score (nSPS) is 16.4. The van der Waals surface area contributed by atoms with Crippen molar-refractivity contribution in [1.82, 2.24) is 4.90 Å². The van der Waals surface area contributed by atoms with E-state index in [2.05, 4.69) is 0 Å². The summed E-state index contributed by atoms with van der Waals surface area (Å²) in [4.78, 5) is 13.7. The first-order chi connectivity index (χ1) is 9.19. The number of piperidine rings is 1. The maximum atomic E-state index is 11.8. The van der Waals surface area contributed by atoms with Gasteiger partial charge < -0.3 is 9.64 Å². The number of carbonyl (C=O) groups is 1. The SMILES string of the molecule is CCCC(=O)N1CCC(Oc2ccc(Cl)cc2)CC1. The number of hydrogen-bond acceptors (Lipinski definition) is 2. The van der Waals surface area contributed by atoms with E-state index in [1.807, 2.05) is 36.1 Å². The molecule has 1 aromatic rings. The second-order valence-electron chi connectivity index (χ2n) is 4.90. The van der Waals surface area contributed by atoms with Gasteiger partial charge in [-0.25, -0.2) is 0 Å². The van der Waals surface area contributed by atoms with Crippen molar-refractivity contribution >= 4 is 17.5 Å². The van der Waals surface area contributed by atoms with Crippen molar-refractivity contribution in [3.05, 3.63) is 29.3 Å². The summed E-state index contributed by atoms with van der Waals surface area (Å²) in [5.41, 5.74) is 0. The Bertz CT molecular complexity index is 411. The lowest BCUT2D eigenvalue weighted by Gasteiger charge is -2.32. The van der Waals surface area contributed by atoms with Crippen LogP contribution in [0.1, 0.15) is 32.6 Å². The minimum absolute atomic E-state index is 0.201. The molecule has 1 heterocycles. The quantitative estimate of drug-likeness (QED) is 0.845. The van der Waals surface area contributed by atoms with Crippen LogP contribution in [0, 0.1) is 0 Å². The minimum atomic E-state index is 0.201. The molecule has 1 aliphatic heterocycles. The van der Waals surface area contributed by atoms with E-state index in [9.17, 15) is 4.79 Å². The molecule has 1 amide bonds. The number of nitrogens with zero attached hydrogens (tertiary/aromatic N) is 1. The first kappa shape index (κ1) is 14.2. The van der Waals surface area contributed by atoms with E-state index in [4.69, 9.17) is 16.3 Å².